The van der Waals surface area contributed by atoms with E-state index in [0.29, 0.717) is 23.4 Å². The normalized spacial score (nSPS) is 18.7. The van der Waals surface area contributed by atoms with Crippen LogP contribution in [0.3, 0.4) is 0 Å². The molecule has 1 fully saturated rings. The standard InChI is InChI=1S/C16H24N2O3/c1-5-21-16(20)14-11(3)13(12(4)17-14)15(19)18-9-7-6-8-10(18)2/h10,17H,5-9H2,1-4H3/t10-/m1/s1. The molecule has 0 saturated carbocycles. The van der Waals surface area contributed by atoms with Gasteiger partial charge in [-0.1, -0.05) is 0 Å². The van der Waals surface area contributed by atoms with Crippen LogP contribution in [-0.2, 0) is 4.74 Å². The highest BCUT2D eigenvalue weighted by Gasteiger charge is 2.29. The predicted molar refractivity (Wildman–Crippen MR) is 80.6 cm³/mol. The highest BCUT2D eigenvalue weighted by molar-refractivity contribution is 6.01. The summed E-state index contributed by atoms with van der Waals surface area (Å²) in [7, 11) is 0. The lowest BCUT2D eigenvalue weighted by molar-refractivity contribution is 0.0519. The predicted octanol–water partition coefficient (Wildman–Crippen LogP) is 2.82. The van der Waals surface area contributed by atoms with E-state index in [0.717, 1.165) is 25.1 Å². The fraction of sp³-hybridized carbons (Fsp3) is 0.625. The lowest BCUT2D eigenvalue weighted by Crippen LogP contribution is -2.42. The van der Waals surface area contributed by atoms with Crippen molar-refractivity contribution in [3.8, 4) is 0 Å². The van der Waals surface area contributed by atoms with E-state index in [4.69, 9.17) is 4.74 Å². The molecule has 1 amide bonds. The maximum atomic E-state index is 12.8. The molecule has 116 valence electrons. The Kier molecular flexibility index (Phi) is 4.70. The van der Waals surface area contributed by atoms with Gasteiger partial charge in [-0.15, -0.1) is 0 Å². The van der Waals surface area contributed by atoms with Crippen LogP contribution in [0, 0.1) is 13.8 Å². The fourth-order valence-corrected chi connectivity index (χ4v) is 3.02. The molecule has 0 unspecified atom stereocenters. The molecule has 2 heterocycles. The molecule has 0 aromatic carbocycles. The summed E-state index contributed by atoms with van der Waals surface area (Å²) in [5.41, 5.74) is 2.43. The molecule has 0 bridgehead atoms. The van der Waals surface area contributed by atoms with Gasteiger partial charge in [0.1, 0.15) is 5.69 Å². The van der Waals surface area contributed by atoms with Gasteiger partial charge in [0, 0.05) is 18.3 Å². The minimum atomic E-state index is -0.399. The van der Waals surface area contributed by atoms with Crippen LogP contribution in [0.15, 0.2) is 0 Å². The molecule has 0 radical (unpaired) electrons. The molecule has 0 aliphatic carbocycles. The van der Waals surface area contributed by atoms with Gasteiger partial charge in [-0.05, 0) is 52.5 Å². The number of carbonyl (C=O) groups is 2. The number of aromatic amines is 1. The number of H-pyrrole nitrogens is 1. The van der Waals surface area contributed by atoms with Crippen molar-refractivity contribution >= 4 is 11.9 Å². The van der Waals surface area contributed by atoms with Crippen molar-refractivity contribution in [2.75, 3.05) is 13.2 Å². The third-order valence-electron chi connectivity index (χ3n) is 4.19. The second kappa shape index (κ2) is 6.33. The van der Waals surface area contributed by atoms with Gasteiger partial charge in [0.25, 0.3) is 5.91 Å². The Morgan fingerprint density at radius 1 is 1.33 bits per heavy atom. The second-order valence-corrected chi connectivity index (χ2v) is 5.69. The van der Waals surface area contributed by atoms with Crippen LogP contribution in [0.25, 0.3) is 0 Å². The first-order chi connectivity index (χ1) is 9.97. The van der Waals surface area contributed by atoms with E-state index in [-0.39, 0.29) is 11.9 Å². The van der Waals surface area contributed by atoms with Crippen LogP contribution in [0.2, 0.25) is 0 Å². The minimum absolute atomic E-state index is 0.0176. The number of hydrogen-bond donors (Lipinski definition) is 1. The van der Waals surface area contributed by atoms with Crippen LogP contribution in [0.5, 0.6) is 0 Å². The molecule has 5 nitrogen and oxygen atoms in total. The first-order valence-corrected chi connectivity index (χ1v) is 7.64. The molecule has 0 spiro atoms. The molecule has 1 atom stereocenters. The maximum Gasteiger partial charge on any atom is 0.355 e. The summed E-state index contributed by atoms with van der Waals surface area (Å²) in [4.78, 5) is 29.6. The van der Waals surface area contributed by atoms with Crippen LogP contribution >= 0.6 is 0 Å². The van der Waals surface area contributed by atoms with Crippen LogP contribution in [0.1, 0.15) is 65.2 Å². The van der Waals surface area contributed by atoms with Crippen molar-refractivity contribution in [2.24, 2.45) is 0 Å². The number of amides is 1. The summed E-state index contributed by atoms with van der Waals surface area (Å²) in [5, 5.41) is 0. The summed E-state index contributed by atoms with van der Waals surface area (Å²) in [6, 6.07) is 0.256. The number of nitrogens with zero attached hydrogens (tertiary/aromatic N) is 1. The lowest BCUT2D eigenvalue weighted by Gasteiger charge is -2.33. The second-order valence-electron chi connectivity index (χ2n) is 5.69. The number of piperidine rings is 1. The number of aromatic nitrogens is 1. The number of esters is 1. The maximum absolute atomic E-state index is 12.8. The van der Waals surface area contributed by atoms with E-state index in [1.165, 1.54) is 6.42 Å². The van der Waals surface area contributed by atoms with Gasteiger partial charge in [-0.2, -0.15) is 0 Å². The Morgan fingerprint density at radius 3 is 2.67 bits per heavy atom. The van der Waals surface area contributed by atoms with E-state index in [9.17, 15) is 9.59 Å². The van der Waals surface area contributed by atoms with Crippen molar-refractivity contribution in [1.82, 2.24) is 9.88 Å². The highest BCUT2D eigenvalue weighted by atomic mass is 16.5. The smallest absolute Gasteiger partial charge is 0.355 e. The van der Waals surface area contributed by atoms with Gasteiger partial charge in [0.2, 0.25) is 0 Å². The Balaban J connectivity index is 2.31. The number of nitrogens with one attached hydrogen (secondary N) is 1. The lowest BCUT2D eigenvalue weighted by atomic mass is 10.0. The van der Waals surface area contributed by atoms with Crippen LogP contribution < -0.4 is 0 Å². The summed E-state index contributed by atoms with van der Waals surface area (Å²) in [6.45, 7) is 8.60. The van der Waals surface area contributed by atoms with Crippen LogP contribution in [-0.4, -0.2) is 41.0 Å². The van der Waals surface area contributed by atoms with Crippen LogP contribution in [0.4, 0.5) is 0 Å². The van der Waals surface area contributed by atoms with E-state index in [2.05, 4.69) is 11.9 Å². The third kappa shape index (κ3) is 2.96. The van der Waals surface area contributed by atoms with Gasteiger partial charge in [0.05, 0.1) is 12.2 Å². The monoisotopic (exact) mass is 292 g/mol. The summed E-state index contributed by atoms with van der Waals surface area (Å²) in [5.74, 6) is -0.382. The van der Waals surface area contributed by atoms with E-state index in [1.54, 1.807) is 13.8 Å². The zero-order chi connectivity index (χ0) is 15.6. The fourth-order valence-electron chi connectivity index (χ4n) is 3.02. The van der Waals surface area contributed by atoms with E-state index < -0.39 is 5.97 Å². The number of rotatable bonds is 3. The van der Waals surface area contributed by atoms with Crippen molar-refractivity contribution in [3.05, 3.63) is 22.5 Å². The van der Waals surface area contributed by atoms with Crippen molar-refractivity contribution in [2.45, 2.75) is 53.0 Å². The molecule has 1 aliphatic rings. The quantitative estimate of drug-likeness (QED) is 0.871. The first kappa shape index (κ1) is 15.6. The molecule has 1 N–H and O–H groups in total. The summed E-state index contributed by atoms with van der Waals surface area (Å²) < 4.78 is 5.03. The number of hydrogen-bond acceptors (Lipinski definition) is 3. The molecular weight excluding hydrogens is 268 g/mol. The topological polar surface area (TPSA) is 62.4 Å². The molecule has 2 rings (SSSR count). The molecule has 1 saturated heterocycles. The molecule has 1 aliphatic heterocycles. The van der Waals surface area contributed by atoms with Gasteiger partial charge in [-0.25, -0.2) is 4.79 Å². The summed E-state index contributed by atoms with van der Waals surface area (Å²) in [6.07, 6.45) is 3.26. The Bertz CT molecular complexity index is 548. The largest absolute Gasteiger partial charge is 0.461 e. The van der Waals surface area contributed by atoms with E-state index >= 15 is 0 Å². The number of ether oxygens (including phenoxy) is 1. The summed E-state index contributed by atoms with van der Waals surface area (Å²) >= 11 is 0. The minimum Gasteiger partial charge on any atom is -0.461 e. The Labute approximate surface area is 125 Å². The highest BCUT2D eigenvalue weighted by Crippen LogP contribution is 2.24. The van der Waals surface area contributed by atoms with Crippen molar-refractivity contribution in [3.63, 3.8) is 0 Å². The van der Waals surface area contributed by atoms with E-state index in [1.807, 2.05) is 11.8 Å². The SMILES string of the molecule is CCOC(=O)c1[nH]c(C)c(C(=O)N2CCCC[C@H]2C)c1C. The average Bonchev–Trinajstić information content (AvgIpc) is 2.74. The number of likely N-dealkylation sites (tertiary alicyclic amines) is 1. The molecular formula is C16H24N2O3. The third-order valence-corrected chi connectivity index (χ3v) is 4.19. The number of carbonyl (C=O) groups excluding carboxylic acids is 2. The molecule has 5 heteroatoms. The molecule has 21 heavy (non-hydrogen) atoms. The van der Waals surface area contributed by atoms with Gasteiger partial charge < -0.3 is 14.6 Å². The molecule has 1 aromatic rings. The first-order valence-electron chi connectivity index (χ1n) is 7.64. The van der Waals surface area contributed by atoms with Gasteiger partial charge >= 0.3 is 5.97 Å². The van der Waals surface area contributed by atoms with Crippen molar-refractivity contribution in [1.29, 1.82) is 0 Å². The van der Waals surface area contributed by atoms with Crippen molar-refractivity contribution < 1.29 is 14.3 Å². The Hall–Kier alpha value is -1.78. The number of aryl methyl sites for hydroxylation is 1. The van der Waals surface area contributed by atoms with Gasteiger partial charge in [0.15, 0.2) is 0 Å². The van der Waals surface area contributed by atoms with Gasteiger partial charge in [-0.3, -0.25) is 4.79 Å². The zero-order valence-corrected chi connectivity index (χ0v) is 13.3. The Morgan fingerprint density at radius 2 is 2.05 bits per heavy atom. The average molecular weight is 292 g/mol. The zero-order valence-electron chi connectivity index (χ0n) is 13.3. The molecule has 1 aromatic heterocycles.